The van der Waals surface area contributed by atoms with E-state index in [-0.39, 0.29) is 53.1 Å². The molecule has 2 aromatic rings. The highest BCUT2D eigenvalue weighted by molar-refractivity contribution is 7.88. The summed E-state index contributed by atoms with van der Waals surface area (Å²) in [5.41, 5.74) is -1.82. The van der Waals surface area contributed by atoms with E-state index in [0.717, 1.165) is 18.4 Å². The third-order valence-corrected chi connectivity index (χ3v) is 15.1. The monoisotopic (exact) mass is 681 g/mol. The third-order valence-electron chi connectivity index (χ3n) is 13.5. The first-order chi connectivity index (χ1) is 22.1. The molecule has 6 aliphatic rings. The zero-order valence-corrected chi connectivity index (χ0v) is 29.0. The first-order valence-corrected chi connectivity index (χ1v) is 19.1. The van der Waals surface area contributed by atoms with Crippen LogP contribution in [-0.2, 0) is 27.8 Å². The van der Waals surface area contributed by atoms with Crippen LogP contribution in [0.4, 0.5) is 4.39 Å². The van der Waals surface area contributed by atoms with Gasteiger partial charge in [0.05, 0.1) is 18.0 Å². The van der Waals surface area contributed by atoms with Crippen LogP contribution in [0.3, 0.4) is 0 Å². The number of hydrogen-bond donors (Lipinski definition) is 2. The summed E-state index contributed by atoms with van der Waals surface area (Å²) in [6, 6.07) is 13.9. The molecule has 0 aromatic heterocycles. The van der Waals surface area contributed by atoms with E-state index in [1.165, 1.54) is 22.7 Å². The van der Waals surface area contributed by atoms with Gasteiger partial charge >= 0.3 is 0 Å². The molecule has 0 amide bonds. The number of aliphatic hydroxyl groups excluding tert-OH is 1. The maximum atomic E-state index is 15.0. The summed E-state index contributed by atoms with van der Waals surface area (Å²) in [5, 5.41) is 23.8. The molecule has 0 saturated heterocycles. The molecular formula is C38H45ClFNO5S. The Morgan fingerprint density at radius 1 is 0.979 bits per heavy atom. The van der Waals surface area contributed by atoms with E-state index in [4.69, 9.17) is 11.6 Å². The number of sulfonamides is 1. The largest absolute Gasteiger partial charge is 0.393 e. The number of fused-ring (bicyclic) bond motifs is 1. The van der Waals surface area contributed by atoms with Crippen LogP contribution in [0, 0.1) is 39.3 Å². The van der Waals surface area contributed by atoms with E-state index >= 15 is 4.39 Å². The van der Waals surface area contributed by atoms with Crippen LogP contribution in [0.15, 0.2) is 72.3 Å². The number of carbonyl (C=O) groups is 1. The molecule has 0 aliphatic heterocycles. The zero-order chi connectivity index (χ0) is 33.6. The highest BCUT2D eigenvalue weighted by atomic mass is 35.5. The Morgan fingerprint density at radius 3 is 2.36 bits per heavy atom. The number of allylic oxidation sites excluding steroid dienone is 4. The molecule has 8 unspecified atom stereocenters. The van der Waals surface area contributed by atoms with Crippen LogP contribution in [0.2, 0.25) is 5.02 Å². The Balaban J connectivity index is 1.32. The molecule has 3 fully saturated rings. The normalized spacial score (nSPS) is 38.9. The standard InChI is InChI=1S/C38H45ClFNO5S/c1-34-15-12-26(42)21-36(34)18-19-38(28(22-36)31(43)20-27-29(39)10-7-11-30(27)40)32(34)13-16-35(2)33(38)14-17-37(35,44)24-41(47(3,45)46)23-25-8-5-4-6-9-25/h4-11,18-19,22,26,32-33,42,44H,12-17,20-21,23-24H2,1-3H3. The molecule has 2 N–H and O–H groups in total. The molecule has 8 atom stereocenters. The fraction of sp³-hybridized carbons (Fsp3) is 0.553. The van der Waals surface area contributed by atoms with Crippen LogP contribution in [0.5, 0.6) is 0 Å². The van der Waals surface area contributed by atoms with E-state index in [2.05, 4.69) is 32.1 Å². The number of nitrogens with zero attached hydrogens (tertiary/aromatic N) is 1. The lowest BCUT2D eigenvalue weighted by Gasteiger charge is -2.71. The molecule has 2 aromatic carbocycles. The van der Waals surface area contributed by atoms with Gasteiger partial charge in [0.25, 0.3) is 0 Å². The number of halogens is 2. The minimum atomic E-state index is -3.67. The van der Waals surface area contributed by atoms with E-state index < -0.39 is 43.8 Å². The highest BCUT2D eigenvalue weighted by Crippen LogP contribution is 2.78. The summed E-state index contributed by atoms with van der Waals surface area (Å²) in [6.45, 7) is 4.52. The molecule has 3 saturated carbocycles. The van der Waals surface area contributed by atoms with E-state index in [1.54, 1.807) is 6.07 Å². The van der Waals surface area contributed by atoms with Gasteiger partial charge in [-0.25, -0.2) is 12.8 Å². The fourth-order valence-corrected chi connectivity index (χ4v) is 12.0. The summed E-state index contributed by atoms with van der Waals surface area (Å²) in [6.07, 6.45) is 11.5. The zero-order valence-electron chi connectivity index (χ0n) is 27.4. The van der Waals surface area contributed by atoms with Crippen molar-refractivity contribution in [1.29, 1.82) is 0 Å². The van der Waals surface area contributed by atoms with Gasteiger partial charge < -0.3 is 10.2 Å². The number of Topliss-reactive ketones (excluding diaryl/α,β-unsaturated/α-hetero) is 1. The number of ketones is 1. The van der Waals surface area contributed by atoms with Gasteiger partial charge in [0, 0.05) is 51.9 Å². The number of carbonyl (C=O) groups excluding carboxylic acids is 1. The predicted octanol–water partition coefficient (Wildman–Crippen LogP) is 6.64. The van der Waals surface area contributed by atoms with Crippen molar-refractivity contribution in [2.24, 2.45) is 33.5 Å². The number of aliphatic hydroxyl groups is 2. The maximum Gasteiger partial charge on any atom is 0.211 e. The quantitative estimate of drug-likeness (QED) is 0.305. The van der Waals surface area contributed by atoms with Gasteiger partial charge in [-0.1, -0.05) is 80.1 Å². The molecule has 9 heteroatoms. The van der Waals surface area contributed by atoms with Gasteiger partial charge in [-0.05, 0) is 79.9 Å². The van der Waals surface area contributed by atoms with Crippen LogP contribution in [-0.4, -0.2) is 53.2 Å². The summed E-state index contributed by atoms with van der Waals surface area (Å²) in [4.78, 5) is 14.6. The van der Waals surface area contributed by atoms with Crippen LogP contribution in [0.1, 0.15) is 69.9 Å². The first-order valence-electron chi connectivity index (χ1n) is 16.9. The van der Waals surface area contributed by atoms with Crippen molar-refractivity contribution in [3.8, 4) is 0 Å². The summed E-state index contributed by atoms with van der Waals surface area (Å²) in [5.74, 6) is -0.782. The third kappa shape index (κ3) is 4.79. The SMILES string of the molecule is CC12CCC(O)CC13C=CC1(C(C(=O)Cc4c(F)cccc4Cl)=C3)C2CCC2(C)C1CCC2(O)CN(Cc1ccccc1)S(C)(=O)=O. The van der Waals surface area contributed by atoms with E-state index in [0.29, 0.717) is 37.7 Å². The highest BCUT2D eigenvalue weighted by Gasteiger charge is 2.74. The summed E-state index contributed by atoms with van der Waals surface area (Å²) < 4.78 is 42.8. The Kier molecular flexibility index (Phi) is 7.81. The topological polar surface area (TPSA) is 94.9 Å². The van der Waals surface area contributed by atoms with Gasteiger partial charge in [0.1, 0.15) is 5.82 Å². The molecule has 0 radical (unpaired) electrons. The van der Waals surface area contributed by atoms with Crippen molar-refractivity contribution in [1.82, 2.24) is 4.31 Å². The fourth-order valence-electron chi connectivity index (χ4n) is 11.0. The Bertz CT molecular complexity index is 1760. The Labute approximate surface area is 282 Å². The first kappa shape index (κ1) is 33.2. The lowest BCUT2D eigenvalue weighted by molar-refractivity contribution is -0.177. The second-order valence-electron chi connectivity index (χ2n) is 15.6. The minimum Gasteiger partial charge on any atom is -0.393 e. The molecule has 2 spiro atoms. The van der Waals surface area contributed by atoms with E-state index in [9.17, 15) is 23.4 Å². The summed E-state index contributed by atoms with van der Waals surface area (Å²) >= 11 is 6.42. The van der Waals surface area contributed by atoms with Gasteiger partial charge in [0.15, 0.2) is 5.78 Å². The maximum absolute atomic E-state index is 15.0. The van der Waals surface area contributed by atoms with Crippen LogP contribution in [0.25, 0.3) is 0 Å². The van der Waals surface area contributed by atoms with Crippen molar-refractivity contribution in [3.63, 3.8) is 0 Å². The Morgan fingerprint density at radius 2 is 1.66 bits per heavy atom. The number of hydrogen-bond acceptors (Lipinski definition) is 5. The second kappa shape index (κ2) is 11.1. The molecule has 2 bridgehead atoms. The summed E-state index contributed by atoms with van der Waals surface area (Å²) in [7, 11) is -3.67. The lowest BCUT2D eigenvalue weighted by atomic mass is 9.32. The van der Waals surface area contributed by atoms with Crippen molar-refractivity contribution >= 4 is 27.4 Å². The lowest BCUT2D eigenvalue weighted by Crippen LogP contribution is -2.67. The van der Waals surface area contributed by atoms with Crippen molar-refractivity contribution in [3.05, 3.63) is 94.3 Å². The average Bonchev–Trinajstić information content (AvgIpc) is 3.28. The Hall–Kier alpha value is -2.36. The number of benzene rings is 2. The van der Waals surface area contributed by atoms with Crippen LogP contribution < -0.4 is 0 Å². The molecule has 8 rings (SSSR count). The van der Waals surface area contributed by atoms with Crippen LogP contribution >= 0.6 is 11.6 Å². The van der Waals surface area contributed by atoms with Gasteiger partial charge in [0.2, 0.25) is 10.0 Å². The molecular weight excluding hydrogens is 637 g/mol. The van der Waals surface area contributed by atoms with Gasteiger partial charge in [-0.2, -0.15) is 4.31 Å². The van der Waals surface area contributed by atoms with Gasteiger partial charge in [-0.3, -0.25) is 4.79 Å². The molecule has 0 heterocycles. The second-order valence-corrected chi connectivity index (χ2v) is 18.0. The van der Waals surface area contributed by atoms with E-state index in [1.807, 2.05) is 30.3 Å². The minimum absolute atomic E-state index is 0.0383. The van der Waals surface area contributed by atoms with Crippen molar-refractivity contribution in [2.45, 2.75) is 83.5 Å². The van der Waals surface area contributed by atoms with Crippen molar-refractivity contribution in [2.75, 3.05) is 12.8 Å². The molecule has 252 valence electrons. The number of rotatable bonds is 8. The smallest absolute Gasteiger partial charge is 0.211 e. The van der Waals surface area contributed by atoms with Crippen molar-refractivity contribution < 1.29 is 27.8 Å². The predicted molar refractivity (Wildman–Crippen MR) is 180 cm³/mol. The molecule has 6 nitrogen and oxygen atoms in total. The molecule has 47 heavy (non-hydrogen) atoms. The average molecular weight is 682 g/mol. The van der Waals surface area contributed by atoms with Gasteiger partial charge in [-0.15, -0.1) is 0 Å². The molecule has 6 aliphatic carbocycles.